The summed E-state index contributed by atoms with van der Waals surface area (Å²) < 4.78 is 12.5. The molecular weight excluding hydrogens is 322 g/mol. The number of methoxy groups -OCH3 is 1. The summed E-state index contributed by atoms with van der Waals surface area (Å²) in [6.45, 7) is 3.03. The van der Waals surface area contributed by atoms with Gasteiger partial charge in [-0.3, -0.25) is 14.4 Å². The maximum Gasteiger partial charge on any atom is 0.227 e. The van der Waals surface area contributed by atoms with Gasteiger partial charge in [0.2, 0.25) is 11.2 Å². The number of aromatic nitrogens is 2. The average molecular weight is 345 g/mol. The lowest BCUT2D eigenvalue weighted by molar-refractivity contribution is 0.148. The third-order valence-corrected chi connectivity index (χ3v) is 4.94. The van der Waals surface area contributed by atoms with Crippen LogP contribution >= 0.6 is 0 Å². The molecule has 0 spiro atoms. The Labute approximate surface area is 145 Å². The standard InChI is InChI=1S/C18H23N3O4/c1-24-17-11-25-14(8-16(17)22)10-20-5-2-6-21-13(9-20)7-15(19-21)18(23)12-3-4-12/h7-8,11-12,18,23H,2-6,9-10H2,1H3. The van der Waals surface area contributed by atoms with Gasteiger partial charge in [0.05, 0.1) is 25.0 Å². The second-order valence-corrected chi connectivity index (χ2v) is 6.91. The zero-order chi connectivity index (χ0) is 17.4. The van der Waals surface area contributed by atoms with Gasteiger partial charge < -0.3 is 14.3 Å². The summed E-state index contributed by atoms with van der Waals surface area (Å²) in [6, 6.07) is 3.51. The molecule has 4 rings (SSSR count). The zero-order valence-electron chi connectivity index (χ0n) is 14.4. The number of hydrogen-bond donors (Lipinski definition) is 1. The van der Waals surface area contributed by atoms with Crippen molar-refractivity contribution in [3.63, 3.8) is 0 Å². The van der Waals surface area contributed by atoms with Crippen LogP contribution in [0.15, 0.2) is 27.6 Å². The molecule has 0 saturated heterocycles. The van der Waals surface area contributed by atoms with Gasteiger partial charge in [-0.15, -0.1) is 0 Å². The van der Waals surface area contributed by atoms with Crippen LogP contribution in [-0.2, 0) is 19.6 Å². The Morgan fingerprint density at radius 1 is 1.40 bits per heavy atom. The molecule has 3 heterocycles. The van der Waals surface area contributed by atoms with Crippen LogP contribution in [0.1, 0.15) is 42.5 Å². The van der Waals surface area contributed by atoms with Gasteiger partial charge in [-0.05, 0) is 31.2 Å². The molecule has 1 saturated carbocycles. The lowest BCUT2D eigenvalue weighted by atomic mass is 10.1. The summed E-state index contributed by atoms with van der Waals surface area (Å²) in [7, 11) is 1.45. The van der Waals surface area contributed by atoms with Crippen LogP contribution in [-0.4, -0.2) is 33.4 Å². The fourth-order valence-corrected chi connectivity index (χ4v) is 3.37. The van der Waals surface area contributed by atoms with Crippen molar-refractivity contribution in [1.82, 2.24) is 14.7 Å². The maximum atomic E-state index is 11.9. The highest BCUT2D eigenvalue weighted by atomic mass is 16.5. The first-order valence-electron chi connectivity index (χ1n) is 8.77. The van der Waals surface area contributed by atoms with Crippen molar-refractivity contribution < 1.29 is 14.3 Å². The predicted octanol–water partition coefficient (Wildman–Crippen LogP) is 1.69. The van der Waals surface area contributed by atoms with E-state index in [2.05, 4.69) is 10.00 Å². The molecule has 2 aromatic rings. The van der Waals surface area contributed by atoms with E-state index in [-0.39, 0.29) is 11.2 Å². The van der Waals surface area contributed by atoms with E-state index in [0.717, 1.165) is 50.3 Å². The molecule has 0 bridgehead atoms. The molecule has 1 N–H and O–H groups in total. The van der Waals surface area contributed by atoms with Crippen LogP contribution in [0, 0.1) is 5.92 Å². The van der Waals surface area contributed by atoms with Crippen molar-refractivity contribution in [2.24, 2.45) is 5.92 Å². The molecule has 0 amide bonds. The summed E-state index contributed by atoms with van der Waals surface area (Å²) in [5.41, 5.74) is 1.72. The number of rotatable bonds is 5. The van der Waals surface area contributed by atoms with Crippen LogP contribution in [0.25, 0.3) is 0 Å². The van der Waals surface area contributed by atoms with E-state index in [0.29, 0.717) is 18.2 Å². The summed E-state index contributed by atoms with van der Waals surface area (Å²) in [4.78, 5) is 14.1. The number of nitrogens with zero attached hydrogens (tertiary/aromatic N) is 3. The van der Waals surface area contributed by atoms with Gasteiger partial charge >= 0.3 is 0 Å². The van der Waals surface area contributed by atoms with Gasteiger partial charge in [-0.25, -0.2) is 0 Å². The summed E-state index contributed by atoms with van der Waals surface area (Å²) in [5.74, 6) is 1.22. The molecule has 7 heteroatoms. The Bertz CT molecular complexity index is 809. The number of aliphatic hydroxyl groups excluding tert-OH is 1. The molecule has 0 aromatic carbocycles. The smallest absolute Gasteiger partial charge is 0.227 e. The van der Waals surface area contributed by atoms with Crippen LogP contribution in [0.4, 0.5) is 0 Å². The highest BCUT2D eigenvalue weighted by Gasteiger charge is 2.33. The van der Waals surface area contributed by atoms with Gasteiger partial charge in [-0.1, -0.05) is 0 Å². The Hall–Kier alpha value is -2.12. The van der Waals surface area contributed by atoms with E-state index in [9.17, 15) is 9.90 Å². The first-order valence-corrected chi connectivity index (χ1v) is 8.77. The highest BCUT2D eigenvalue weighted by Crippen LogP contribution is 2.40. The van der Waals surface area contributed by atoms with Crippen LogP contribution in [0.3, 0.4) is 0 Å². The van der Waals surface area contributed by atoms with Gasteiger partial charge in [0.1, 0.15) is 18.1 Å². The normalized spacial score (nSPS) is 19.3. The van der Waals surface area contributed by atoms with Crippen LogP contribution < -0.4 is 10.2 Å². The SMILES string of the molecule is COc1coc(CN2CCCn3nc(C(O)C4CC4)cc3C2)cc1=O. The second kappa shape index (κ2) is 6.65. The predicted molar refractivity (Wildman–Crippen MR) is 90.2 cm³/mol. The van der Waals surface area contributed by atoms with Crippen molar-refractivity contribution in [3.05, 3.63) is 45.8 Å². The Morgan fingerprint density at radius 2 is 2.24 bits per heavy atom. The lowest BCUT2D eigenvalue weighted by Crippen LogP contribution is -2.23. The molecule has 1 atom stereocenters. The first kappa shape index (κ1) is 16.4. The number of ether oxygens (including phenoxy) is 1. The monoisotopic (exact) mass is 345 g/mol. The lowest BCUT2D eigenvalue weighted by Gasteiger charge is -2.18. The molecule has 1 aliphatic carbocycles. The molecule has 1 unspecified atom stereocenters. The third-order valence-electron chi connectivity index (χ3n) is 4.94. The molecule has 2 aliphatic rings. The Kier molecular flexibility index (Phi) is 4.35. The third kappa shape index (κ3) is 3.48. The minimum atomic E-state index is -0.438. The first-order chi connectivity index (χ1) is 12.1. The molecular formula is C18H23N3O4. The van der Waals surface area contributed by atoms with E-state index in [1.165, 1.54) is 19.4 Å². The van der Waals surface area contributed by atoms with Crippen LogP contribution in [0.5, 0.6) is 5.75 Å². The van der Waals surface area contributed by atoms with Crippen molar-refractivity contribution in [2.75, 3.05) is 13.7 Å². The zero-order valence-corrected chi connectivity index (χ0v) is 14.4. The van der Waals surface area contributed by atoms with Gasteiger partial charge in [-0.2, -0.15) is 5.10 Å². The molecule has 134 valence electrons. The summed E-state index contributed by atoms with van der Waals surface area (Å²) in [6.07, 6.45) is 4.07. The van der Waals surface area contributed by atoms with Crippen LogP contribution in [0.2, 0.25) is 0 Å². The van der Waals surface area contributed by atoms with E-state index in [1.54, 1.807) is 0 Å². The highest BCUT2D eigenvalue weighted by molar-refractivity contribution is 5.18. The second-order valence-electron chi connectivity index (χ2n) is 6.91. The largest absolute Gasteiger partial charge is 0.490 e. The average Bonchev–Trinajstić information content (AvgIpc) is 3.39. The van der Waals surface area contributed by atoms with E-state index < -0.39 is 6.10 Å². The minimum Gasteiger partial charge on any atom is -0.490 e. The maximum absolute atomic E-state index is 11.9. The molecule has 1 fully saturated rings. The number of aryl methyl sites for hydroxylation is 1. The summed E-state index contributed by atoms with van der Waals surface area (Å²) >= 11 is 0. The van der Waals surface area contributed by atoms with Gasteiger partial charge in [0.15, 0.2) is 0 Å². The molecule has 0 radical (unpaired) electrons. The van der Waals surface area contributed by atoms with Gasteiger partial charge in [0.25, 0.3) is 0 Å². The molecule has 7 nitrogen and oxygen atoms in total. The number of fused-ring (bicyclic) bond motifs is 1. The fourth-order valence-electron chi connectivity index (χ4n) is 3.37. The van der Waals surface area contributed by atoms with Gasteiger partial charge in [0, 0.05) is 25.7 Å². The van der Waals surface area contributed by atoms with Crippen molar-refractivity contribution in [3.8, 4) is 5.75 Å². The molecule has 1 aliphatic heterocycles. The quantitative estimate of drug-likeness (QED) is 0.888. The van der Waals surface area contributed by atoms with Crippen molar-refractivity contribution >= 4 is 0 Å². The molecule has 2 aromatic heterocycles. The topological polar surface area (TPSA) is 80.7 Å². The van der Waals surface area contributed by atoms with E-state index >= 15 is 0 Å². The van der Waals surface area contributed by atoms with Crippen molar-refractivity contribution in [1.29, 1.82) is 0 Å². The fraction of sp³-hybridized carbons (Fsp3) is 0.556. The summed E-state index contributed by atoms with van der Waals surface area (Å²) in [5, 5.41) is 14.9. The number of aliphatic hydroxyl groups is 1. The Balaban J connectivity index is 1.49. The number of hydrogen-bond acceptors (Lipinski definition) is 6. The Morgan fingerprint density at radius 3 is 2.96 bits per heavy atom. The van der Waals surface area contributed by atoms with E-state index in [4.69, 9.17) is 9.15 Å². The molecule has 25 heavy (non-hydrogen) atoms. The minimum absolute atomic E-state index is 0.168. The van der Waals surface area contributed by atoms with E-state index in [1.807, 2.05) is 10.7 Å². The van der Waals surface area contributed by atoms with Crippen molar-refractivity contribution in [2.45, 2.75) is 45.0 Å².